The van der Waals surface area contributed by atoms with Crippen LogP contribution in [0.2, 0.25) is 5.02 Å². The van der Waals surface area contributed by atoms with E-state index in [0.29, 0.717) is 11.4 Å². The Labute approximate surface area is 121 Å². The first-order valence-electron chi connectivity index (χ1n) is 6.10. The van der Waals surface area contributed by atoms with E-state index in [9.17, 15) is 4.39 Å². The second-order valence-electron chi connectivity index (χ2n) is 4.49. The monoisotopic (exact) mass is 298 g/mol. The van der Waals surface area contributed by atoms with Gasteiger partial charge < -0.3 is 5.32 Å². The summed E-state index contributed by atoms with van der Waals surface area (Å²) in [5.41, 5.74) is 1.89. The molecule has 0 bridgehead atoms. The van der Waals surface area contributed by atoms with Crippen LogP contribution in [-0.4, -0.2) is 18.1 Å². The van der Waals surface area contributed by atoms with Gasteiger partial charge in [0.2, 0.25) is 0 Å². The van der Waals surface area contributed by atoms with Crippen LogP contribution in [0.25, 0.3) is 0 Å². The second kappa shape index (κ2) is 6.46. The van der Waals surface area contributed by atoms with Gasteiger partial charge in [-0.05, 0) is 44.2 Å². The molecule has 1 heterocycles. The Balaban J connectivity index is 2.08. The smallest absolute Gasteiger partial charge is 0.123 e. The molecule has 0 fully saturated rings. The highest BCUT2D eigenvalue weighted by atomic mass is 35.5. The normalized spacial score (nSPS) is 12.6. The minimum absolute atomic E-state index is 0.195. The maximum absolute atomic E-state index is 13.2. The van der Waals surface area contributed by atoms with Crippen molar-refractivity contribution >= 4 is 22.9 Å². The van der Waals surface area contributed by atoms with Crippen LogP contribution in [0, 0.1) is 12.7 Å². The molecule has 102 valence electrons. The number of likely N-dealkylation sites (N-methyl/N-ethyl adjacent to an activating group) is 1. The highest BCUT2D eigenvalue weighted by Gasteiger charge is 2.13. The van der Waals surface area contributed by atoms with E-state index in [1.54, 1.807) is 17.4 Å². The summed E-state index contributed by atoms with van der Waals surface area (Å²) >= 11 is 7.74. The summed E-state index contributed by atoms with van der Waals surface area (Å²) in [6.07, 6.45) is 1.50. The first-order valence-corrected chi connectivity index (χ1v) is 7.36. The summed E-state index contributed by atoms with van der Waals surface area (Å²) in [4.78, 5) is 4.45. The third kappa shape index (κ3) is 4.00. The van der Waals surface area contributed by atoms with Crippen LogP contribution < -0.4 is 5.32 Å². The standard InChI is InChI=1S/C14H16ClFN2S/c1-9-18-13(8-19-9)7-12(17-2)6-10-5-11(16)3-4-14(10)15/h3-5,8,12,17H,6-7H2,1-2H3. The molecular formula is C14H16ClFN2S. The zero-order valence-electron chi connectivity index (χ0n) is 10.9. The lowest BCUT2D eigenvalue weighted by Gasteiger charge is -2.16. The number of hydrogen-bond acceptors (Lipinski definition) is 3. The SMILES string of the molecule is CNC(Cc1csc(C)n1)Cc1cc(F)ccc1Cl. The molecule has 1 aromatic heterocycles. The molecule has 1 atom stereocenters. The number of nitrogens with zero attached hydrogens (tertiary/aromatic N) is 1. The van der Waals surface area contributed by atoms with Gasteiger partial charge in [0.05, 0.1) is 10.7 Å². The number of hydrogen-bond donors (Lipinski definition) is 1. The summed E-state index contributed by atoms with van der Waals surface area (Å²) in [5.74, 6) is -0.251. The van der Waals surface area contributed by atoms with Crippen LogP contribution in [-0.2, 0) is 12.8 Å². The molecule has 2 aromatic rings. The topological polar surface area (TPSA) is 24.9 Å². The number of aromatic nitrogens is 1. The van der Waals surface area contributed by atoms with Crippen molar-refractivity contribution in [2.75, 3.05) is 7.05 Å². The largest absolute Gasteiger partial charge is 0.316 e. The van der Waals surface area contributed by atoms with Gasteiger partial charge in [-0.1, -0.05) is 11.6 Å². The maximum Gasteiger partial charge on any atom is 0.123 e. The molecule has 0 amide bonds. The van der Waals surface area contributed by atoms with E-state index >= 15 is 0 Å². The number of rotatable bonds is 5. The van der Waals surface area contributed by atoms with E-state index in [-0.39, 0.29) is 11.9 Å². The van der Waals surface area contributed by atoms with Gasteiger partial charge in [0.1, 0.15) is 5.82 Å². The highest BCUT2D eigenvalue weighted by Crippen LogP contribution is 2.20. The van der Waals surface area contributed by atoms with Crippen LogP contribution in [0.3, 0.4) is 0 Å². The van der Waals surface area contributed by atoms with E-state index in [1.165, 1.54) is 12.1 Å². The molecule has 5 heteroatoms. The zero-order chi connectivity index (χ0) is 13.8. The summed E-state index contributed by atoms with van der Waals surface area (Å²) < 4.78 is 13.2. The van der Waals surface area contributed by atoms with Crippen LogP contribution in [0.4, 0.5) is 4.39 Å². The Kier molecular flexibility index (Phi) is 4.91. The molecule has 0 radical (unpaired) electrons. The van der Waals surface area contributed by atoms with Crippen LogP contribution in [0.1, 0.15) is 16.3 Å². The number of aryl methyl sites for hydroxylation is 1. The third-order valence-electron chi connectivity index (χ3n) is 3.00. The van der Waals surface area contributed by atoms with E-state index in [0.717, 1.165) is 22.7 Å². The molecule has 0 aliphatic rings. The van der Waals surface area contributed by atoms with E-state index < -0.39 is 0 Å². The first kappa shape index (κ1) is 14.4. The molecule has 0 saturated heterocycles. The third-order valence-corrected chi connectivity index (χ3v) is 4.20. The second-order valence-corrected chi connectivity index (χ2v) is 5.96. The average molecular weight is 299 g/mol. The van der Waals surface area contributed by atoms with E-state index in [1.807, 2.05) is 14.0 Å². The average Bonchev–Trinajstić information content (AvgIpc) is 2.78. The number of benzene rings is 1. The summed E-state index contributed by atoms with van der Waals surface area (Å²) in [6.45, 7) is 1.99. The predicted octanol–water partition coefficient (Wildman–Crippen LogP) is 3.62. The van der Waals surface area contributed by atoms with Crippen molar-refractivity contribution in [3.63, 3.8) is 0 Å². The lowest BCUT2D eigenvalue weighted by Crippen LogP contribution is -2.30. The molecule has 0 aliphatic carbocycles. The molecule has 1 N–H and O–H groups in total. The lowest BCUT2D eigenvalue weighted by molar-refractivity contribution is 0.548. The predicted molar refractivity (Wildman–Crippen MR) is 78.5 cm³/mol. The van der Waals surface area contributed by atoms with Crippen molar-refractivity contribution in [3.8, 4) is 0 Å². The molecule has 1 unspecified atom stereocenters. The van der Waals surface area contributed by atoms with E-state index in [4.69, 9.17) is 11.6 Å². The van der Waals surface area contributed by atoms with Gasteiger partial charge in [0.15, 0.2) is 0 Å². The fourth-order valence-corrected chi connectivity index (χ4v) is 2.82. The fourth-order valence-electron chi connectivity index (χ4n) is 2.00. The minimum Gasteiger partial charge on any atom is -0.316 e. The molecule has 2 nitrogen and oxygen atoms in total. The lowest BCUT2D eigenvalue weighted by atomic mass is 10.0. The van der Waals surface area contributed by atoms with Crippen LogP contribution >= 0.6 is 22.9 Å². The van der Waals surface area contributed by atoms with Gasteiger partial charge >= 0.3 is 0 Å². The van der Waals surface area contributed by atoms with Crippen molar-refractivity contribution in [1.29, 1.82) is 0 Å². The minimum atomic E-state index is -0.251. The Bertz CT molecular complexity index is 556. The Morgan fingerprint density at radius 3 is 2.84 bits per heavy atom. The van der Waals surface area contributed by atoms with Crippen molar-refractivity contribution in [3.05, 3.63) is 50.7 Å². The highest BCUT2D eigenvalue weighted by molar-refractivity contribution is 7.09. The molecule has 0 saturated carbocycles. The van der Waals surface area contributed by atoms with Crippen LogP contribution in [0.5, 0.6) is 0 Å². The zero-order valence-corrected chi connectivity index (χ0v) is 12.5. The fraction of sp³-hybridized carbons (Fsp3) is 0.357. The Morgan fingerprint density at radius 2 is 2.21 bits per heavy atom. The van der Waals surface area contributed by atoms with Gasteiger partial charge in [-0.2, -0.15) is 0 Å². The maximum atomic E-state index is 13.2. The number of halogens is 2. The van der Waals surface area contributed by atoms with Gasteiger partial charge in [-0.3, -0.25) is 0 Å². The van der Waals surface area contributed by atoms with Gasteiger partial charge in [-0.15, -0.1) is 11.3 Å². The Hall–Kier alpha value is -0.970. The molecule has 0 spiro atoms. The summed E-state index contributed by atoms with van der Waals surface area (Å²) in [5, 5.41) is 6.97. The quantitative estimate of drug-likeness (QED) is 0.912. The summed E-state index contributed by atoms with van der Waals surface area (Å²) in [6, 6.07) is 4.68. The van der Waals surface area contributed by atoms with Gasteiger partial charge in [0.25, 0.3) is 0 Å². The Morgan fingerprint density at radius 1 is 1.42 bits per heavy atom. The molecule has 2 rings (SSSR count). The van der Waals surface area contributed by atoms with E-state index in [2.05, 4.69) is 15.7 Å². The molecule has 1 aromatic carbocycles. The number of thiazole rings is 1. The molecular weight excluding hydrogens is 283 g/mol. The van der Waals surface area contributed by atoms with Crippen molar-refractivity contribution in [1.82, 2.24) is 10.3 Å². The van der Waals surface area contributed by atoms with Crippen LogP contribution in [0.15, 0.2) is 23.6 Å². The number of nitrogens with one attached hydrogen (secondary N) is 1. The molecule has 0 aliphatic heterocycles. The molecule has 19 heavy (non-hydrogen) atoms. The van der Waals surface area contributed by atoms with Crippen molar-refractivity contribution < 1.29 is 4.39 Å². The van der Waals surface area contributed by atoms with Gasteiger partial charge in [0, 0.05) is 22.9 Å². The van der Waals surface area contributed by atoms with Crippen molar-refractivity contribution in [2.24, 2.45) is 0 Å². The van der Waals surface area contributed by atoms with Gasteiger partial charge in [-0.25, -0.2) is 9.37 Å². The van der Waals surface area contributed by atoms with Crippen molar-refractivity contribution in [2.45, 2.75) is 25.8 Å². The summed E-state index contributed by atoms with van der Waals surface area (Å²) in [7, 11) is 1.90. The first-order chi connectivity index (χ1) is 9.08.